The molecule has 0 bridgehead atoms. The van der Waals surface area contributed by atoms with E-state index in [4.69, 9.17) is 5.73 Å². The molecule has 0 spiro atoms. The number of benzene rings is 2. The molecule has 0 aromatic heterocycles. The molecule has 4 heteroatoms. The van der Waals surface area contributed by atoms with Gasteiger partial charge in [0.05, 0.1) is 6.04 Å². The highest BCUT2D eigenvalue weighted by atomic mass is 19.2. The second kappa shape index (κ2) is 6.31. The first-order chi connectivity index (χ1) is 9.88. The van der Waals surface area contributed by atoms with Gasteiger partial charge in [0.25, 0.3) is 0 Å². The molecule has 0 aliphatic rings. The minimum atomic E-state index is -1.47. The van der Waals surface area contributed by atoms with Gasteiger partial charge < -0.3 is 5.73 Å². The summed E-state index contributed by atoms with van der Waals surface area (Å²) in [5.41, 5.74) is 8.12. The maximum absolute atomic E-state index is 13.3. The van der Waals surface area contributed by atoms with Crippen LogP contribution in [0.15, 0.2) is 36.4 Å². The Morgan fingerprint density at radius 3 is 2.14 bits per heavy atom. The molecule has 0 radical (unpaired) electrons. The van der Waals surface area contributed by atoms with Gasteiger partial charge in [0.15, 0.2) is 17.5 Å². The van der Waals surface area contributed by atoms with Gasteiger partial charge in [-0.2, -0.15) is 0 Å². The molecule has 0 saturated heterocycles. The van der Waals surface area contributed by atoms with Crippen LogP contribution in [0.1, 0.15) is 36.6 Å². The molecule has 2 aromatic rings. The molecule has 0 fully saturated rings. The predicted molar refractivity (Wildman–Crippen MR) is 77.3 cm³/mol. The smallest absolute Gasteiger partial charge is 0.194 e. The van der Waals surface area contributed by atoms with Crippen molar-refractivity contribution in [2.45, 2.75) is 26.3 Å². The number of hydrogen-bond acceptors (Lipinski definition) is 1. The third kappa shape index (κ3) is 3.64. The Morgan fingerprint density at radius 2 is 1.57 bits per heavy atom. The molecular weight excluding hydrogens is 275 g/mol. The van der Waals surface area contributed by atoms with E-state index in [0.717, 1.165) is 29.7 Å². The maximum Gasteiger partial charge on any atom is 0.194 e. The highest BCUT2D eigenvalue weighted by Gasteiger charge is 2.16. The third-order valence-corrected chi connectivity index (χ3v) is 3.32. The van der Waals surface area contributed by atoms with E-state index in [-0.39, 0.29) is 5.56 Å². The van der Waals surface area contributed by atoms with Crippen LogP contribution < -0.4 is 5.73 Å². The summed E-state index contributed by atoms with van der Waals surface area (Å²) in [5.74, 6) is -3.42. The van der Waals surface area contributed by atoms with Crippen molar-refractivity contribution in [3.8, 4) is 0 Å². The third-order valence-electron chi connectivity index (χ3n) is 3.32. The van der Waals surface area contributed by atoms with Crippen molar-refractivity contribution < 1.29 is 13.2 Å². The summed E-state index contributed by atoms with van der Waals surface area (Å²) in [6.07, 6.45) is 0.896. The standard InChI is InChI=1S/C17H18F3N/c1-10(2)6-11-4-3-5-12(7-11)17(21)13-8-14(18)16(20)15(19)9-13/h3-5,7-10,17H,6,21H2,1-2H3. The second-order valence-corrected chi connectivity index (χ2v) is 5.62. The molecular formula is C17H18F3N. The quantitative estimate of drug-likeness (QED) is 0.833. The van der Waals surface area contributed by atoms with Gasteiger partial charge in [-0.25, -0.2) is 13.2 Å². The first kappa shape index (κ1) is 15.6. The van der Waals surface area contributed by atoms with Crippen LogP contribution in [0.3, 0.4) is 0 Å². The topological polar surface area (TPSA) is 26.0 Å². The molecule has 2 N–H and O–H groups in total. The predicted octanol–water partition coefficient (Wildman–Crippen LogP) is 4.35. The molecule has 0 amide bonds. The fourth-order valence-corrected chi connectivity index (χ4v) is 2.33. The number of hydrogen-bond donors (Lipinski definition) is 1. The van der Waals surface area contributed by atoms with Crippen LogP contribution in [-0.2, 0) is 6.42 Å². The summed E-state index contributed by atoms with van der Waals surface area (Å²) in [4.78, 5) is 0. The van der Waals surface area contributed by atoms with E-state index in [1.165, 1.54) is 0 Å². The lowest BCUT2D eigenvalue weighted by Crippen LogP contribution is -2.13. The molecule has 0 heterocycles. The minimum Gasteiger partial charge on any atom is -0.320 e. The molecule has 0 aliphatic carbocycles. The van der Waals surface area contributed by atoms with Gasteiger partial charge in [-0.15, -0.1) is 0 Å². The zero-order valence-electron chi connectivity index (χ0n) is 12.0. The Morgan fingerprint density at radius 1 is 0.952 bits per heavy atom. The van der Waals surface area contributed by atoms with Gasteiger partial charge in [-0.05, 0) is 41.2 Å². The Bertz CT molecular complexity index is 615. The number of rotatable bonds is 4. The summed E-state index contributed by atoms with van der Waals surface area (Å²) in [7, 11) is 0. The van der Waals surface area contributed by atoms with Crippen molar-refractivity contribution in [3.63, 3.8) is 0 Å². The molecule has 2 rings (SSSR count). The van der Waals surface area contributed by atoms with Gasteiger partial charge in [0.2, 0.25) is 0 Å². The highest BCUT2D eigenvalue weighted by molar-refractivity contribution is 5.34. The van der Waals surface area contributed by atoms with E-state index in [9.17, 15) is 13.2 Å². The van der Waals surface area contributed by atoms with Gasteiger partial charge in [-0.1, -0.05) is 38.1 Å². The van der Waals surface area contributed by atoms with Crippen LogP contribution in [-0.4, -0.2) is 0 Å². The van der Waals surface area contributed by atoms with Gasteiger partial charge in [0.1, 0.15) is 0 Å². The highest BCUT2D eigenvalue weighted by Crippen LogP contribution is 2.24. The van der Waals surface area contributed by atoms with Crippen molar-refractivity contribution in [2.75, 3.05) is 0 Å². The van der Waals surface area contributed by atoms with Crippen molar-refractivity contribution >= 4 is 0 Å². The Hall–Kier alpha value is -1.81. The molecule has 0 aliphatic heterocycles. The normalized spacial score (nSPS) is 12.7. The van der Waals surface area contributed by atoms with Crippen LogP contribution >= 0.6 is 0 Å². The average Bonchev–Trinajstić information content (AvgIpc) is 2.43. The summed E-state index contributed by atoms with van der Waals surface area (Å²) in [5, 5.41) is 0. The Balaban J connectivity index is 2.33. The average molecular weight is 293 g/mol. The molecule has 112 valence electrons. The van der Waals surface area contributed by atoms with Crippen molar-refractivity contribution in [1.82, 2.24) is 0 Å². The molecule has 21 heavy (non-hydrogen) atoms. The Kier molecular flexibility index (Phi) is 4.68. The fourth-order valence-electron chi connectivity index (χ4n) is 2.33. The van der Waals surface area contributed by atoms with Gasteiger partial charge in [-0.3, -0.25) is 0 Å². The van der Waals surface area contributed by atoms with E-state index >= 15 is 0 Å². The van der Waals surface area contributed by atoms with Crippen LogP contribution in [0, 0.1) is 23.4 Å². The Labute approximate surface area is 122 Å². The van der Waals surface area contributed by atoms with Gasteiger partial charge >= 0.3 is 0 Å². The number of nitrogens with two attached hydrogens (primary N) is 1. The summed E-state index contributed by atoms with van der Waals surface area (Å²) >= 11 is 0. The van der Waals surface area contributed by atoms with Crippen LogP contribution in [0.25, 0.3) is 0 Å². The van der Waals surface area contributed by atoms with E-state index in [0.29, 0.717) is 5.92 Å². The largest absolute Gasteiger partial charge is 0.320 e. The monoisotopic (exact) mass is 293 g/mol. The molecule has 1 atom stereocenters. The van der Waals surface area contributed by atoms with E-state index in [2.05, 4.69) is 13.8 Å². The molecule has 2 aromatic carbocycles. The van der Waals surface area contributed by atoms with Crippen LogP contribution in [0.2, 0.25) is 0 Å². The number of halogens is 3. The molecule has 1 unspecified atom stereocenters. The lowest BCUT2D eigenvalue weighted by Gasteiger charge is -2.15. The first-order valence-corrected chi connectivity index (χ1v) is 6.87. The van der Waals surface area contributed by atoms with E-state index in [1.807, 2.05) is 18.2 Å². The SMILES string of the molecule is CC(C)Cc1cccc(C(N)c2cc(F)c(F)c(F)c2)c1. The minimum absolute atomic E-state index is 0.216. The zero-order valence-corrected chi connectivity index (χ0v) is 12.0. The van der Waals surface area contributed by atoms with Crippen LogP contribution in [0.5, 0.6) is 0 Å². The van der Waals surface area contributed by atoms with Gasteiger partial charge in [0, 0.05) is 0 Å². The maximum atomic E-state index is 13.3. The summed E-state index contributed by atoms with van der Waals surface area (Å²) in [6.45, 7) is 4.22. The van der Waals surface area contributed by atoms with Crippen molar-refractivity contribution in [2.24, 2.45) is 11.7 Å². The first-order valence-electron chi connectivity index (χ1n) is 6.87. The lowest BCUT2D eigenvalue weighted by atomic mass is 9.95. The summed E-state index contributed by atoms with van der Waals surface area (Å²) < 4.78 is 39.6. The fraction of sp³-hybridized carbons (Fsp3) is 0.294. The van der Waals surface area contributed by atoms with Crippen molar-refractivity contribution in [3.05, 3.63) is 70.5 Å². The summed E-state index contributed by atoms with van der Waals surface area (Å²) in [6, 6.07) is 8.76. The zero-order chi connectivity index (χ0) is 15.6. The molecule has 0 saturated carbocycles. The van der Waals surface area contributed by atoms with E-state index in [1.54, 1.807) is 6.07 Å². The molecule has 1 nitrogen and oxygen atoms in total. The van der Waals surface area contributed by atoms with Crippen LogP contribution in [0.4, 0.5) is 13.2 Å². The van der Waals surface area contributed by atoms with Crippen molar-refractivity contribution in [1.29, 1.82) is 0 Å². The second-order valence-electron chi connectivity index (χ2n) is 5.62. The lowest BCUT2D eigenvalue weighted by molar-refractivity contribution is 0.444. The van der Waals surface area contributed by atoms with E-state index < -0.39 is 23.5 Å².